The molecule has 2 amide bonds. The number of hydrogen-bond acceptors (Lipinski definition) is 4. The largest absolute Gasteiger partial charge is 0.417 e. The average molecular weight is 508 g/mol. The highest BCUT2D eigenvalue weighted by Gasteiger charge is 2.66. The third-order valence-corrected chi connectivity index (χ3v) is 7.46. The smallest absolute Gasteiger partial charge is 0.365 e. The summed E-state index contributed by atoms with van der Waals surface area (Å²) >= 11 is 5.68. The topological polar surface area (TPSA) is 71.6 Å². The maximum absolute atomic E-state index is 14.0. The zero-order chi connectivity index (χ0) is 24.5. The normalized spacial score (nSPS) is 34.2. The van der Waals surface area contributed by atoms with Crippen LogP contribution in [0.2, 0.25) is 5.02 Å². The Morgan fingerprint density at radius 1 is 1.24 bits per heavy atom. The van der Waals surface area contributed by atoms with E-state index in [1.807, 2.05) is 6.92 Å². The quantitative estimate of drug-likeness (QED) is 0.469. The van der Waals surface area contributed by atoms with Crippen LogP contribution in [-0.2, 0) is 9.47 Å². The van der Waals surface area contributed by atoms with Gasteiger partial charge in [-0.25, -0.2) is 9.18 Å². The number of benzene rings is 1. The van der Waals surface area contributed by atoms with Crippen LogP contribution in [0.3, 0.4) is 0 Å². The fraction of sp³-hybridized carbons (Fsp3) is 0.696. The van der Waals surface area contributed by atoms with Gasteiger partial charge in [-0.15, -0.1) is 0 Å². The molecule has 4 rings (SSSR count). The van der Waals surface area contributed by atoms with Gasteiger partial charge in [0.25, 0.3) is 0 Å². The fourth-order valence-corrected chi connectivity index (χ4v) is 5.40. The van der Waals surface area contributed by atoms with Crippen molar-refractivity contribution in [1.82, 2.24) is 10.6 Å². The molecule has 1 aromatic carbocycles. The van der Waals surface area contributed by atoms with Crippen molar-refractivity contribution in [3.63, 3.8) is 0 Å². The molecule has 1 aliphatic carbocycles. The number of urea groups is 1. The van der Waals surface area contributed by atoms with E-state index in [4.69, 9.17) is 21.1 Å². The molecule has 3 N–H and O–H groups in total. The van der Waals surface area contributed by atoms with E-state index in [2.05, 4.69) is 16.0 Å². The number of hydrogen-bond donors (Lipinski definition) is 3. The van der Waals surface area contributed by atoms with Crippen LogP contribution < -0.4 is 16.0 Å². The van der Waals surface area contributed by atoms with Gasteiger partial charge >= 0.3 is 12.2 Å². The zero-order valence-electron chi connectivity index (χ0n) is 18.9. The van der Waals surface area contributed by atoms with Crippen LogP contribution in [0.15, 0.2) is 18.2 Å². The van der Waals surface area contributed by atoms with Gasteiger partial charge in [0.1, 0.15) is 12.0 Å². The minimum atomic E-state index is -4.46. The Morgan fingerprint density at radius 2 is 1.97 bits per heavy atom. The molecule has 0 radical (unpaired) electrons. The highest BCUT2D eigenvalue weighted by molar-refractivity contribution is 6.30. The van der Waals surface area contributed by atoms with Crippen LogP contribution in [0.5, 0.6) is 0 Å². The molecule has 6 nitrogen and oxygen atoms in total. The molecule has 3 fully saturated rings. The highest BCUT2D eigenvalue weighted by atomic mass is 35.5. The van der Waals surface area contributed by atoms with Gasteiger partial charge in [0.15, 0.2) is 5.60 Å². The lowest BCUT2D eigenvalue weighted by molar-refractivity contribution is -0.358. The number of piperidine rings is 1. The molecule has 1 saturated carbocycles. The van der Waals surface area contributed by atoms with E-state index >= 15 is 0 Å². The second-order valence-corrected chi connectivity index (χ2v) is 9.86. The van der Waals surface area contributed by atoms with Gasteiger partial charge in [0, 0.05) is 24.1 Å². The summed E-state index contributed by atoms with van der Waals surface area (Å²) in [6.07, 6.45) is -2.13. The Labute approximate surface area is 201 Å². The number of rotatable bonds is 5. The van der Waals surface area contributed by atoms with Gasteiger partial charge in [0.2, 0.25) is 0 Å². The van der Waals surface area contributed by atoms with Crippen molar-refractivity contribution in [1.29, 1.82) is 0 Å². The first kappa shape index (κ1) is 25.5. The Morgan fingerprint density at radius 3 is 2.62 bits per heavy atom. The van der Waals surface area contributed by atoms with Crippen molar-refractivity contribution >= 4 is 23.3 Å². The Bertz CT molecular complexity index is 884. The molecule has 0 aromatic heterocycles. The number of halogens is 5. The number of alkyl halides is 3. The molecule has 34 heavy (non-hydrogen) atoms. The highest BCUT2D eigenvalue weighted by Crippen LogP contribution is 2.52. The molecule has 0 spiro atoms. The summed E-state index contributed by atoms with van der Waals surface area (Å²) in [6.45, 7) is 2.06. The molecule has 0 bridgehead atoms. The van der Waals surface area contributed by atoms with Crippen LogP contribution >= 0.6 is 11.6 Å². The summed E-state index contributed by atoms with van der Waals surface area (Å²) in [7, 11) is 0. The van der Waals surface area contributed by atoms with Crippen LogP contribution in [0.4, 0.5) is 28.0 Å². The summed E-state index contributed by atoms with van der Waals surface area (Å²) in [5.41, 5.74) is -1.92. The van der Waals surface area contributed by atoms with Crippen LogP contribution in [-0.4, -0.2) is 48.8 Å². The Balaban J connectivity index is 1.44. The van der Waals surface area contributed by atoms with E-state index in [1.54, 1.807) is 0 Å². The average Bonchev–Trinajstić information content (AvgIpc) is 2.72. The standard InChI is InChI=1S/C23H30ClF4N3O3/c1-13-6-9-18(31-21(32)30-14-7-8-16(24)17(25)12-14)20(29-13)34-19-5-3-2-4-15(19)22(10-11-33-22)23(26,27)28/h7-8,12-13,15,18-20,29H,2-6,9-11H2,1H3,(H2,30,31,32)/t13?,15?,18?,19-,20?,22?/m1/s1. The third-order valence-electron chi connectivity index (χ3n) is 7.15. The molecule has 2 saturated heterocycles. The molecule has 1 aromatic rings. The molecule has 6 atom stereocenters. The van der Waals surface area contributed by atoms with E-state index in [-0.39, 0.29) is 29.8 Å². The van der Waals surface area contributed by atoms with Crippen molar-refractivity contribution in [2.45, 2.75) is 88.1 Å². The van der Waals surface area contributed by atoms with E-state index in [9.17, 15) is 22.4 Å². The monoisotopic (exact) mass is 507 g/mol. The van der Waals surface area contributed by atoms with Crippen molar-refractivity contribution in [3.8, 4) is 0 Å². The van der Waals surface area contributed by atoms with Crippen LogP contribution in [0, 0.1) is 11.7 Å². The maximum atomic E-state index is 14.0. The summed E-state index contributed by atoms with van der Waals surface area (Å²) in [4.78, 5) is 12.6. The predicted molar refractivity (Wildman–Crippen MR) is 119 cm³/mol. The number of nitrogens with one attached hydrogen (secondary N) is 3. The number of anilines is 1. The lowest BCUT2D eigenvalue weighted by Crippen LogP contribution is -2.65. The van der Waals surface area contributed by atoms with E-state index in [0.29, 0.717) is 25.7 Å². The molecule has 2 heterocycles. The number of carbonyl (C=O) groups is 1. The van der Waals surface area contributed by atoms with Gasteiger partial charge < -0.3 is 20.1 Å². The molecule has 11 heteroatoms. The molecule has 190 valence electrons. The van der Waals surface area contributed by atoms with Gasteiger partial charge in [-0.05, 0) is 50.8 Å². The molecular formula is C23H30ClF4N3O3. The summed E-state index contributed by atoms with van der Waals surface area (Å²) < 4.78 is 67.1. The molecule has 2 aliphatic heterocycles. The van der Waals surface area contributed by atoms with E-state index < -0.39 is 47.9 Å². The third kappa shape index (κ3) is 5.29. The van der Waals surface area contributed by atoms with Gasteiger partial charge in [-0.1, -0.05) is 24.4 Å². The zero-order valence-corrected chi connectivity index (χ0v) is 19.6. The van der Waals surface area contributed by atoms with Gasteiger partial charge in [-0.2, -0.15) is 13.2 Å². The van der Waals surface area contributed by atoms with Gasteiger partial charge in [-0.3, -0.25) is 5.32 Å². The first-order valence-electron chi connectivity index (χ1n) is 11.7. The Hall–Kier alpha value is -1.62. The molecule has 3 aliphatic rings. The Kier molecular flexibility index (Phi) is 7.61. The van der Waals surface area contributed by atoms with Crippen molar-refractivity contribution < 1.29 is 31.8 Å². The predicted octanol–water partition coefficient (Wildman–Crippen LogP) is 5.36. The van der Waals surface area contributed by atoms with E-state index in [1.165, 1.54) is 12.1 Å². The van der Waals surface area contributed by atoms with Crippen molar-refractivity contribution in [2.24, 2.45) is 5.92 Å². The number of amides is 2. The summed E-state index contributed by atoms with van der Waals surface area (Å²) in [5.74, 6) is -1.45. The minimum Gasteiger partial charge on any atom is -0.365 e. The number of ether oxygens (including phenoxy) is 2. The second-order valence-electron chi connectivity index (χ2n) is 9.45. The minimum absolute atomic E-state index is 0.0565. The molecule has 5 unspecified atom stereocenters. The molecular weight excluding hydrogens is 478 g/mol. The SMILES string of the molecule is CC1CCC(NC(=O)Nc2ccc(Cl)c(F)c2)C(O[C@@H]2CCCCC2C2(C(F)(F)F)CCO2)N1. The van der Waals surface area contributed by atoms with E-state index in [0.717, 1.165) is 18.9 Å². The summed E-state index contributed by atoms with van der Waals surface area (Å²) in [6, 6.07) is 2.96. The fourth-order valence-electron chi connectivity index (χ4n) is 5.28. The van der Waals surface area contributed by atoms with Crippen LogP contribution in [0.25, 0.3) is 0 Å². The number of carbonyl (C=O) groups excluding carboxylic acids is 1. The van der Waals surface area contributed by atoms with Gasteiger partial charge in [0.05, 0.1) is 23.8 Å². The summed E-state index contributed by atoms with van der Waals surface area (Å²) in [5, 5.41) is 8.62. The lowest BCUT2D eigenvalue weighted by atomic mass is 9.70. The lowest BCUT2D eigenvalue weighted by Gasteiger charge is -2.52. The first-order chi connectivity index (χ1) is 16.1. The first-order valence-corrected chi connectivity index (χ1v) is 12.1. The van der Waals surface area contributed by atoms with Crippen molar-refractivity contribution in [3.05, 3.63) is 29.0 Å². The second kappa shape index (κ2) is 10.2. The maximum Gasteiger partial charge on any atom is 0.417 e. The van der Waals surface area contributed by atoms with Crippen molar-refractivity contribution in [2.75, 3.05) is 11.9 Å². The van der Waals surface area contributed by atoms with Crippen LogP contribution in [0.1, 0.15) is 51.9 Å².